The van der Waals surface area contributed by atoms with Gasteiger partial charge in [0.15, 0.2) is 11.5 Å². The Labute approximate surface area is 237 Å². The topological polar surface area (TPSA) is 58.6 Å². The van der Waals surface area contributed by atoms with E-state index in [-0.39, 0.29) is 9.79 Å². The van der Waals surface area contributed by atoms with Crippen LogP contribution >= 0.6 is 31.9 Å². The number of halogens is 2. The van der Waals surface area contributed by atoms with Crippen LogP contribution in [0.1, 0.15) is 0 Å². The van der Waals surface area contributed by atoms with Crippen molar-refractivity contribution in [3.8, 4) is 11.5 Å². The van der Waals surface area contributed by atoms with Crippen LogP contribution in [0.5, 0.6) is 11.5 Å². The van der Waals surface area contributed by atoms with Crippen LogP contribution < -0.4 is 15.0 Å². The summed E-state index contributed by atoms with van der Waals surface area (Å²) >= 11 is 6.89. The van der Waals surface area contributed by atoms with Crippen LogP contribution in [0, 0.1) is 0 Å². The van der Waals surface area contributed by atoms with Crippen molar-refractivity contribution in [1.82, 2.24) is 0 Å². The molecule has 0 unspecified atom stereocenters. The minimum absolute atomic E-state index is 0.180. The van der Waals surface area contributed by atoms with Crippen molar-refractivity contribution in [2.45, 2.75) is 9.79 Å². The number of para-hydroxylation sites is 4. The summed E-state index contributed by atoms with van der Waals surface area (Å²) < 4.78 is 35.4. The van der Waals surface area contributed by atoms with Gasteiger partial charge in [-0.05, 0) is 101 Å². The fourth-order valence-electron chi connectivity index (χ4n) is 4.39. The molecule has 8 heteroatoms. The Bertz CT molecular complexity index is 1730. The van der Waals surface area contributed by atoms with Crippen LogP contribution in [0.4, 0.5) is 28.4 Å². The van der Waals surface area contributed by atoms with E-state index >= 15 is 0 Å². The van der Waals surface area contributed by atoms with Gasteiger partial charge in [-0.2, -0.15) is 0 Å². The van der Waals surface area contributed by atoms with Gasteiger partial charge in [-0.15, -0.1) is 0 Å². The number of sulfone groups is 1. The van der Waals surface area contributed by atoms with Gasteiger partial charge in [0.1, 0.15) is 0 Å². The van der Waals surface area contributed by atoms with Gasteiger partial charge in [0.05, 0.1) is 21.2 Å². The Hall–Kier alpha value is -3.59. The summed E-state index contributed by atoms with van der Waals surface area (Å²) in [6.45, 7) is 0. The summed E-state index contributed by atoms with van der Waals surface area (Å²) in [4.78, 5) is 2.39. The van der Waals surface area contributed by atoms with Crippen LogP contribution in [0.25, 0.3) is 0 Å². The van der Waals surface area contributed by atoms with Crippen molar-refractivity contribution in [3.05, 3.63) is 124 Å². The molecule has 0 atom stereocenters. The summed E-state index contributed by atoms with van der Waals surface area (Å²) in [6, 6.07) is 35.3. The number of hydrogen-bond donors (Lipinski definition) is 1. The highest BCUT2D eigenvalue weighted by atomic mass is 79.9. The largest absolute Gasteiger partial charge is 0.453 e. The maximum absolute atomic E-state index is 13.9. The molecule has 0 aromatic heterocycles. The third kappa shape index (κ3) is 4.60. The minimum Gasteiger partial charge on any atom is -0.453 e. The van der Waals surface area contributed by atoms with E-state index in [1.54, 1.807) is 30.3 Å². The lowest BCUT2D eigenvalue weighted by atomic mass is 10.1. The van der Waals surface area contributed by atoms with E-state index in [0.29, 0.717) is 21.7 Å². The van der Waals surface area contributed by atoms with Gasteiger partial charge >= 0.3 is 0 Å². The number of nitrogens with one attached hydrogen (secondary N) is 1. The fourth-order valence-corrected chi connectivity index (χ4v) is 6.93. The highest BCUT2D eigenvalue weighted by Crippen LogP contribution is 2.50. The first kappa shape index (κ1) is 24.7. The average Bonchev–Trinajstić information content (AvgIpc) is 2.94. The zero-order chi connectivity index (χ0) is 26.3. The van der Waals surface area contributed by atoms with Crippen molar-refractivity contribution < 1.29 is 13.2 Å². The van der Waals surface area contributed by atoms with E-state index in [0.717, 1.165) is 27.2 Å². The van der Waals surface area contributed by atoms with Gasteiger partial charge in [0.2, 0.25) is 9.84 Å². The Balaban J connectivity index is 1.41. The lowest BCUT2D eigenvalue weighted by Crippen LogP contribution is -2.16. The van der Waals surface area contributed by atoms with E-state index in [4.69, 9.17) is 4.74 Å². The summed E-state index contributed by atoms with van der Waals surface area (Å²) in [6.07, 6.45) is 0. The quantitative estimate of drug-likeness (QED) is 0.202. The van der Waals surface area contributed by atoms with Crippen molar-refractivity contribution in [3.63, 3.8) is 0 Å². The summed E-state index contributed by atoms with van der Waals surface area (Å²) in [5.41, 5.74) is 3.91. The molecule has 0 fully saturated rings. The summed E-state index contributed by atoms with van der Waals surface area (Å²) in [5.74, 6) is 1.41. The normalized spacial score (nSPS) is 12.3. The SMILES string of the molecule is O=S(=O)(c1cccc(N2c3ccccc3Oc3ccccc32)c1)c1cc(Nc2ccc(Br)cc2)ccc1Br. The maximum Gasteiger partial charge on any atom is 0.207 e. The second-order valence-corrected chi connectivity index (χ2v) is 12.3. The average molecular weight is 648 g/mol. The van der Waals surface area contributed by atoms with Gasteiger partial charge < -0.3 is 15.0 Å². The molecule has 0 saturated carbocycles. The monoisotopic (exact) mass is 646 g/mol. The molecule has 188 valence electrons. The smallest absolute Gasteiger partial charge is 0.207 e. The maximum atomic E-state index is 13.9. The predicted molar refractivity (Wildman–Crippen MR) is 158 cm³/mol. The molecule has 0 bridgehead atoms. The molecule has 1 aliphatic rings. The van der Waals surface area contributed by atoms with Gasteiger partial charge in [-0.3, -0.25) is 0 Å². The van der Waals surface area contributed by atoms with Crippen LogP contribution in [-0.4, -0.2) is 8.42 Å². The first-order valence-corrected chi connectivity index (χ1v) is 14.8. The van der Waals surface area contributed by atoms with Crippen LogP contribution in [0.15, 0.2) is 134 Å². The highest BCUT2D eigenvalue weighted by molar-refractivity contribution is 9.10. The Morgan fingerprint density at radius 1 is 0.658 bits per heavy atom. The molecule has 0 spiro atoms. The third-order valence-corrected chi connectivity index (χ3v) is 9.45. The molecular weight excluding hydrogens is 628 g/mol. The first-order valence-electron chi connectivity index (χ1n) is 11.7. The molecule has 6 rings (SSSR count). The predicted octanol–water partition coefficient (Wildman–Crippen LogP) is 9.36. The molecule has 38 heavy (non-hydrogen) atoms. The van der Waals surface area contributed by atoms with Gasteiger partial charge in [-0.25, -0.2) is 8.42 Å². The number of nitrogens with zero attached hydrogens (tertiary/aromatic N) is 1. The Kier molecular flexibility index (Phi) is 6.47. The number of hydrogen-bond acceptors (Lipinski definition) is 5. The fraction of sp³-hybridized carbons (Fsp3) is 0. The van der Waals surface area contributed by atoms with Gasteiger partial charge in [0.25, 0.3) is 0 Å². The summed E-state index contributed by atoms with van der Waals surface area (Å²) in [5, 5.41) is 3.28. The molecular formula is C30H20Br2N2O3S. The molecule has 1 aliphatic heterocycles. The van der Waals surface area contributed by atoms with Crippen LogP contribution in [0.3, 0.4) is 0 Å². The van der Waals surface area contributed by atoms with Crippen LogP contribution in [0.2, 0.25) is 0 Å². The number of fused-ring (bicyclic) bond motifs is 2. The second kappa shape index (κ2) is 9.94. The molecule has 5 aromatic rings. The van der Waals surface area contributed by atoms with E-state index in [1.807, 2.05) is 89.8 Å². The molecule has 0 aliphatic carbocycles. The molecule has 0 saturated heterocycles. The molecule has 0 amide bonds. The van der Waals surface area contributed by atoms with E-state index in [2.05, 4.69) is 37.2 Å². The molecule has 0 radical (unpaired) electrons. The standard InChI is InChI=1S/C30H20Br2N2O3S/c31-20-12-14-21(15-13-20)33-22-16-17-25(32)30(18-22)38(35,36)24-7-5-6-23(19-24)34-26-8-1-3-10-28(26)37-29-11-4-2-9-27(29)34/h1-19,33H. The number of rotatable bonds is 5. The zero-order valence-electron chi connectivity index (χ0n) is 19.8. The van der Waals surface area contributed by atoms with Crippen molar-refractivity contribution in [1.29, 1.82) is 0 Å². The lowest BCUT2D eigenvalue weighted by molar-refractivity contribution is 0.477. The Morgan fingerprint density at radius 3 is 1.97 bits per heavy atom. The van der Waals surface area contributed by atoms with Crippen LogP contribution in [-0.2, 0) is 9.84 Å². The molecule has 5 nitrogen and oxygen atoms in total. The summed E-state index contributed by atoms with van der Waals surface area (Å²) in [7, 11) is -3.86. The minimum atomic E-state index is -3.86. The Morgan fingerprint density at radius 2 is 1.29 bits per heavy atom. The zero-order valence-corrected chi connectivity index (χ0v) is 23.8. The second-order valence-electron chi connectivity index (χ2n) is 8.65. The number of benzene rings is 5. The van der Waals surface area contributed by atoms with Gasteiger partial charge in [0, 0.05) is 26.0 Å². The van der Waals surface area contributed by atoms with Crippen molar-refractivity contribution in [2.24, 2.45) is 0 Å². The van der Waals surface area contributed by atoms with E-state index < -0.39 is 9.84 Å². The van der Waals surface area contributed by atoms with Crippen molar-refractivity contribution in [2.75, 3.05) is 10.2 Å². The lowest BCUT2D eigenvalue weighted by Gasteiger charge is -2.32. The molecule has 1 heterocycles. The van der Waals surface area contributed by atoms with Gasteiger partial charge in [-0.1, -0.05) is 46.3 Å². The third-order valence-electron chi connectivity index (χ3n) is 6.17. The van der Waals surface area contributed by atoms with E-state index in [1.165, 1.54) is 0 Å². The number of ether oxygens (including phenoxy) is 1. The molecule has 1 N–H and O–H groups in total. The number of anilines is 5. The van der Waals surface area contributed by atoms with E-state index in [9.17, 15) is 8.42 Å². The highest BCUT2D eigenvalue weighted by Gasteiger charge is 2.27. The first-order chi connectivity index (χ1) is 18.4. The molecule has 5 aromatic carbocycles. The van der Waals surface area contributed by atoms with Crippen molar-refractivity contribution >= 4 is 70.1 Å².